The van der Waals surface area contributed by atoms with Crippen molar-refractivity contribution in [1.29, 1.82) is 0 Å². The van der Waals surface area contributed by atoms with E-state index in [1.807, 2.05) is 0 Å². The first kappa shape index (κ1) is 14.8. The fraction of sp³-hybridized carbons (Fsp3) is 0.417. The van der Waals surface area contributed by atoms with E-state index >= 15 is 0 Å². The molecule has 1 aromatic rings. The molecule has 1 aromatic carbocycles. The van der Waals surface area contributed by atoms with Crippen molar-refractivity contribution in [2.24, 2.45) is 0 Å². The summed E-state index contributed by atoms with van der Waals surface area (Å²) in [6.45, 7) is 3.27. The molecule has 1 atom stereocenters. The van der Waals surface area contributed by atoms with Crippen molar-refractivity contribution < 1.29 is 22.9 Å². The van der Waals surface area contributed by atoms with Gasteiger partial charge in [-0.2, -0.15) is 0 Å². The van der Waals surface area contributed by atoms with Crippen molar-refractivity contribution in [3.8, 4) is 0 Å². The van der Waals surface area contributed by atoms with E-state index < -0.39 is 23.2 Å². The van der Waals surface area contributed by atoms with E-state index in [4.69, 9.17) is 5.11 Å². The van der Waals surface area contributed by atoms with Crippen LogP contribution in [-0.2, 0) is 17.2 Å². The quantitative estimate of drug-likeness (QED) is 0.899. The summed E-state index contributed by atoms with van der Waals surface area (Å²) >= 11 is 0. The van der Waals surface area contributed by atoms with Gasteiger partial charge in [0.05, 0.1) is 21.3 Å². The molecule has 1 rings (SSSR count). The molecule has 0 unspecified atom stereocenters. The molecule has 0 amide bonds. The van der Waals surface area contributed by atoms with E-state index in [2.05, 4.69) is 0 Å². The highest BCUT2D eigenvalue weighted by Crippen LogP contribution is 2.31. The zero-order chi connectivity index (χ0) is 13.9. The number of rotatable bonds is 5. The van der Waals surface area contributed by atoms with Crippen LogP contribution in [0.25, 0.3) is 0 Å². The largest absolute Gasteiger partial charge is 0.478 e. The highest BCUT2D eigenvalue weighted by Gasteiger charge is 2.23. The van der Waals surface area contributed by atoms with Crippen LogP contribution < -0.4 is 0 Å². The number of alkyl halides is 2. The maximum atomic E-state index is 12.9. The van der Waals surface area contributed by atoms with Crippen LogP contribution in [0.2, 0.25) is 0 Å². The Morgan fingerprint density at radius 2 is 2.00 bits per heavy atom. The normalized spacial score (nSPS) is 12.7. The van der Waals surface area contributed by atoms with Gasteiger partial charge < -0.3 is 5.11 Å². The minimum absolute atomic E-state index is 0.0186. The summed E-state index contributed by atoms with van der Waals surface area (Å²) < 4.78 is 37.7. The van der Waals surface area contributed by atoms with Crippen LogP contribution in [0.5, 0.6) is 0 Å². The topological polar surface area (TPSA) is 54.4 Å². The average Bonchev–Trinajstić information content (AvgIpc) is 2.35. The fourth-order valence-electron chi connectivity index (χ4n) is 1.78. The lowest BCUT2D eigenvalue weighted by atomic mass is 10.0. The first-order valence-electron chi connectivity index (χ1n) is 5.49. The minimum Gasteiger partial charge on any atom is -0.478 e. The van der Waals surface area contributed by atoms with Crippen molar-refractivity contribution in [3.05, 3.63) is 28.8 Å². The van der Waals surface area contributed by atoms with Crippen LogP contribution in [0.3, 0.4) is 0 Å². The van der Waals surface area contributed by atoms with E-state index in [1.165, 1.54) is 0 Å². The van der Waals surface area contributed by atoms with E-state index in [-0.39, 0.29) is 33.8 Å². The Bertz CT molecular complexity index is 486. The average molecular weight is 276 g/mol. The van der Waals surface area contributed by atoms with Gasteiger partial charge in [0.1, 0.15) is 0 Å². The molecular formula is C12H14F2O3S. The van der Waals surface area contributed by atoms with E-state index in [0.717, 1.165) is 12.1 Å². The Balaban J connectivity index is 3.61. The minimum atomic E-state index is -2.76. The molecule has 3 nitrogen and oxygen atoms in total. The van der Waals surface area contributed by atoms with Crippen LogP contribution in [0.4, 0.5) is 8.78 Å². The molecule has 0 radical (unpaired) electrons. The summed E-state index contributed by atoms with van der Waals surface area (Å²) in [7, 11) is -1.60. The van der Waals surface area contributed by atoms with Crippen LogP contribution in [0.15, 0.2) is 17.0 Å². The standard InChI is InChI=1S/C12H14F2O3S/c1-3-7-8(12(15)16)5-6-9(11(13)14)10(7)18(17)4-2/h5-6,11H,3-4H2,1-2H3,(H,15,16)/t18-/m1/s1. The Morgan fingerprint density at radius 3 is 2.39 bits per heavy atom. The van der Waals surface area contributed by atoms with Crippen molar-refractivity contribution in [2.75, 3.05) is 5.75 Å². The van der Waals surface area contributed by atoms with Gasteiger partial charge in [0.25, 0.3) is 6.43 Å². The molecule has 0 aliphatic rings. The van der Waals surface area contributed by atoms with Crippen molar-refractivity contribution in [3.63, 3.8) is 0 Å². The monoisotopic (exact) mass is 276 g/mol. The predicted molar refractivity (Wildman–Crippen MR) is 64.7 cm³/mol. The van der Waals surface area contributed by atoms with Crippen LogP contribution in [0.1, 0.15) is 41.8 Å². The zero-order valence-corrected chi connectivity index (χ0v) is 10.9. The molecule has 0 aliphatic carbocycles. The number of benzene rings is 1. The SMILES string of the molecule is CCc1c(C(=O)O)ccc(C(F)F)c1[S@](=O)CC. The smallest absolute Gasteiger partial charge is 0.336 e. The molecule has 100 valence electrons. The maximum absolute atomic E-state index is 12.9. The lowest BCUT2D eigenvalue weighted by Crippen LogP contribution is -2.11. The van der Waals surface area contributed by atoms with Crippen molar-refractivity contribution in [1.82, 2.24) is 0 Å². The van der Waals surface area contributed by atoms with Crippen LogP contribution in [-0.4, -0.2) is 21.0 Å². The highest BCUT2D eigenvalue weighted by atomic mass is 32.2. The van der Waals surface area contributed by atoms with Gasteiger partial charge in [0.15, 0.2) is 0 Å². The number of halogens is 2. The lowest BCUT2D eigenvalue weighted by molar-refractivity contribution is 0.0694. The summed E-state index contributed by atoms with van der Waals surface area (Å²) in [5.41, 5.74) is -0.156. The molecule has 1 N–H and O–H groups in total. The molecule has 0 saturated heterocycles. The zero-order valence-electron chi connectivity index (χ0n) is 10.1. The Morgan fingerprint density at radius 1 is 1.39 bits per heavy atom. The van der Waals surface area contributed by atoms with Gasteiger partial charge in [-0.05, 0) is 18.1 Å². The molecule has 6 heteroatoms. The van der Waals surface area contributed by atoms with Crippen molar-refractivity contribution >= 4 is 16.8 Å². The van der Waals surface area contributed by atoms with Gasteiger partial charge in [-0.25, -0.2) is 13.6 Å². The third-order valence-electron chi connectivity index (χ3n) is 2.60. The van der Waals surface area contributed by atoms with Crippen LogP contribution >= 0.6 is 0 Å². The Kier molecular flexibility index (Phi) is 4.95. The lowest BCUT2D eigenvalue weighted by Gasteiger charge is -2.14. The third-order valence-corrected chi connectivity index (χ3v) is 4.06. The Hall–Kier alpha value is -1.30. The number of carbonyl (C=O) groups is 1. The van der Waals surface area contributed by atoms with Crippen molar-refractivity contribution in [2.45, 2.75) is 31.6 Å². The molecule has 0 saturated carbocycles. The van der Waals surface area contributed by atoms with E-state index in [0.29, 0.717) is 0 Å². The number of carboxylic acid groups (broad SMARTS) is 1. The second-order valence-corrected chi connectivity index (χ2v) is 5.28. The number of hydrogen-bond acceptors (Lipinski definition) is 2. The molecule has 0 bridgehead atoms. The van der Waals surface area contributed by atoms with Gasteiger partial charge in [-0.15, -0.1) is 0 Å². The first-order chi connectivity index (χ1) is 8.43. The fourth-order valence-corrected chi connectivity index (χ4v) is 3.02. The first-order valence-corrected chi connectivity index (χ1v) is 6.81. The van der Waals surface area contributed by atoms with Gasteiger partial charge in [0, 0.05) is 11.3 Å². The molecular weight excluding hydrogens is 262 g/mol. The second kappa shape index (κ2) is 6.04. The summed E-state index contributed by atoms with van der Waals surface area (Å²) in [4.78, 5) is 11.0. The number of carboxylic acids is 1. The molecule has 0 aromatic heterocycles. The summed E-state index contributed by atoms with van der Waals surface area (Å²) in [6.07, 6.45) is -2.51. The molecule has 0 heterocycles. The molecule has 0 spiro atoms. The van der Waals surface area contributed by atoms with E-state index in [1.54, 1.807) is 13.8 Å². The van der Waals surface area contributed by atoms with E-state index in [9.17, 15) is 17.8 Å². The summed E-state index contributed by atoms with van der Waals surface area (Å²) in [5, 5.41) is 9.02. The predicted octanol–water partition coefficient (Wildman–Crippen LogP) is 3.01. The maximum Gasteiger partial charge on any atom is 0.336 e. The van der Waals surface area contributed by atoms with Gasteiger partial charge >= 0.3 is 5.97 Å². The van der Waals surface area contributed by atoms with Crippen LogP contribution in [0, 0.1) is 0 Å². The number of aromatic carboxylic acids is 1. The molecule has 0 aliphatic heterocycles. The summed E-state index contributed by atoms with van der Waals surface area (Å²) in [5.74, 6) is -1.02. The Labute approximate surface area is 106 Å². The van der Waals surface area contributed by atoms with Gasteiger partial charge in [-0.3, -0.25) is 4.21 Å². The third kappa shape index (κ3) is 2.75. The molecule has 18 heavy (non-hydrogen) atoms. The highest BCUT2D eigenvalue weighted by molar-refractivity contribution is 7.85. The summed E-state index contributed by atoms with van der Waals surface area (Å²) in [6, 6.07) is 2.20. The molecule has 0 fully saturated rings. The van der Waals surface area contributed by atoms with Gasteiger partial charge in [-0.1, -0.05) is 19.9 Å². The second-order valence-electron chi connectivity index (χ2n) is 3.60. The van der Waals surface area contributed by atoms with Gasteiger partial charge in [0.2, 0.25) is 0 Å². The number of hydrogen-bond donors (Lipinski definition) is 1.